The second-order valence-electron chi connectivity index (χ2n) is 8.84. The van der Waals surface area contributed by atoms with Crippen LogP contribution in [0.5, 0.6) is 0 Å². The van der Waals surface area contributed by atoms with E-state index in [2.05, 4.69) is 16.9 Å². The molecule has 1 saturated heterocycles. The number of benzene rings is 2. The summed E-state index contributed by atoms with van der Waals surface area (Å²) in [4.78, 5) is 29.1. The average molecular weight is 470 g/mol. The number of rotatable bonds is 9. The van der Waals surface area contributed by atoms with E-state index in [1.165, 1.54) is 17.7 Å². The Kier molecular flexibility index (Phi) is 7.45. The monoisotopic (exact) mass is 469 g/mol. The number of hydrogen-bond donors (Lipinski definition) is 1. The van der Waals surface area contributed by atoms with Gasteiger partial charge in [0.15, 0.2) is 0 Å². The maximum atomic E-state index is 13.0. The molecule has 2 amide bonds. The minimum absolute atomic E-state index is 0.112. The number of nitrogens with one attached hydrogen (secondary N) is 1. The lowest BCUT2D eigenvalue weighted by Gasteiger charge is -2.35. The molecule has 1 heterocycles. The van der Waals surface area contributed by atoms with E-state index in [0.29, 0.717) is 50.6 Å². The van der Waals surface area contributed by atoms with Crippen molar-refractivity contribution in [2.24, 2.45) is 5.92 Å². The van der Waals surface area contributed by atoms with Crippen LogP contribution in [0.3, 0.4) is 0 Å². The van der Waals surface area contributed by atoms with Crippen molar-refractivity contribution in [3.8, 4) is 0 Å². The molecule has 176 valence electrons. The molecule has 0 aromatic heterocycles. The van der Waals surface area contributed by atoms with Crippen LogP contribution in [0.25, 0.3) is 0 Å². The zero-order valence-corrected chi connectivity index (χ0v) is 19.6. The summed E-state index contributed by atoms with van der Waals surface area (Å²) in [6.07, 6.45) is 4.29. The fourth-order valence-corrected chi connectivity index (χ4v) is 5.18. The maximum absolute atomic E-state index is 13.0. The Morgan fingerprint density at radius 2 is 1.61 bits per heavy atom. The third-order valence-electron chi connectivity index (χ3n) is 6.27. The highest BCUT2D eigenvalue weighted by Gasteiger charge is 2.27. The van der Waals surface area contributed by atoms with Crippen LogP contribution < -0.4 is 4.72 Å². The number of piperazine rings is 1. The number of aryl methyl sites for hydroxylation is 1. The molecular formula is C25H31N3O4S. The summed E-state index contributed by atoms with van der Waals surface area (Å²) in [6, 6.07) is 16.3. The fourth-order valence-electron chi connectivity index (χ4n) is 4.02. The van der Waals surface area contributed by atoms with Crippen molar-refractivity contribution >= 4 is 21.8 Å². The Morgan fingerprint density at radius 3 is 2.30 bits per heavy atom. The van der Waals surface area contributed by atoms with Gasteiger partial charge in [0.2, 0.25) is 15.9 Å². The van der Waals surface area contributed by atoms with Crippen molar-refractivity contribution in [2.45, 2.75) is 37.0 Å². The third-order valence-corrected chi connectivity index (χ3v) is 7.69. The van der Waals surface area contributed by atoms with Crippen LogP contribution in [-0.2, 0) is 21.2 Å². The Hall–Kier alpha value is -2.71. The highest BCUT2D eigenvalue weighted by atomic mass is 32.2. The van der Waals surface area contributed by atoms with Gasteiger partial charge in [-0.2, -0.15) is 0 Å². The number of hydrogen-bond acceptors (Lipinski definition) is 4. The van der Waals surface area contributed by atoms with Crippen molar-refractivity contribution in [3.63, 3.8) is 0 Å². The van der Waals surface area contributed by atoms with Gasteiger partial charge in [-0.15, -0.1) is 0 Å². The van der Waals surface area contributed by atoms with Crippen molar-refractivity contribution in [1.82, 2.24) is 14.5 Å². The largest absolute Gasteiger partial charge is 0.339 e. The van der Waals surface area contributed by atoms with Crippen LogP contribution in [0.4, 0.5) is 0 Å². The minimum Gasteiger partial charge on any atom is -0.339 e. The lowest BCUT2D eigenvalue weighted by molar-refractivity contribution is -0.132. The molecule has 4 rings (SSSR count). The summed E-state index contributed by atoms with van der Waals surface area (Å²) < 4.78 is 27.7. The molecule has 33 heavy (non-hydrogen) atoms. The average Bonchev–Trinajstić information content (AvgIpc) is 3.68. The predicted molar refractivity (Wildman–Crippen MR) is 126 cm³/mol. The van der Waals surface area contributed by atoms with Crippen LogP contribution in [0.15, 0.2) is 59.5 Å². The highest BCUT2D eigenvalue weighted by molar-refractivity contribution is 7.89. The number of amides is 2. The lowest BCUT2D eigenvalue weighted by Crippen LogP contribution is -2.50. The smallest absolute Gasteiger partial charge is 0.254 e. The predicted octanol–water partition coefficient (Wildman–Crippen LogP) is 2.68. The molecule has 1 aliphatic heterocycles. The molecule has 1 saturated carbocycles. The summed E-state index contributed by atoms with van der Waals surface area (Å²) in [5.74, 6) is 0.347. The van der Waals surface area contributed by atoms with Crippen LogP contribution in [0, 0.1) is 5.92 Å². The van der Waals surface area contributed by atoms with Crippen molar-refractivity contribution < 1.29 is 18.0 Å². The lowest BCUT2D eigenvalue weighted by atomic mass is 10.1. The number of nitrogens with zero attached hydrogens (tertiary/aromatic N) is 2. The van der Waals surface area contributed by atoms with Crippen LogP contribution in [0.2, 0.25) is 0 Å². The van der Waals surface area contributed by atoms with Gasteiger partial charge in [-0.1, -0.05) is 36.4 Å². The first-order valence-electron chi connectivity index (χ1n) is 11.6. The maximum Gasteiger partial charge on any atom is 0.254 e. The first kappa shape index (κ1) is 23.4. The van der Waals surface area contributed by atoms with Crippen molar-refractivity contribution in [2.75, 3.05) is 32.7 Å². The Labute approximate surface area is 195 Å². The quantitative estimate of drug-likeness (QED) is 0.612. The van der Waals surface area contributed by atoms with Gasteiger partial charge in [0, 0.05) is 44.7 Å². The SMILES string of the molecule is O=C(CCCc1ccccc1)N1CCN(C(=O)c2cccc(S(=O)(=O)NCC3CC3)c2)CC1. The van der Waals surface area contributed by atoms with Crippen molar-refractivity contribution in [1.29, 1.82) is 0 Å². The van der Waals surface area contributed by atoms with E-state index in [-0.39, 0.29) is 16.7 Å². The van der Waals surface area contributed by atoms with E-state index in [1.54, 1.807) is 17.0 Å². The molecule has 2 aromatic carbocycles. The molecule has 1 N–H and O–H groups in total. The number of sulfonamides is 1. The summed E-state index contributed by atoms with van der Waals surface area (Å²) in [6.45, 7) is 2.33. The van der Waals surface area contributed by atoms with Gasteiger partial charge in [-0.3, -0.25) is 9.59 Å². The van der Waals surface area contributed by atoms with Gasteiger partial charge in [-0.05, 0) is 55.4 Å². The number of carbonyl (C=O) groups excluding carboxylic acids is 2. The molecular weight excluding hydrogens is 438 g/mol. The molecule has 8 heteroatoms. The van der Waals surface area contributed by atoms with E-state index >= 15 is 0 Å². The van der Waals surface area contributed by atoms with Crippen LogP contribution in [0.1, 0.15) is 41.6 Å². The molecule has 0 bridgehead atoms. The summed E-state index contributed by atoms with van der Waals surface area (Å²) in [7, 11) is -3.62. The molecule has 0 atom stereocenters. The van der Waals surface area contributed by atoms with Gasteiger partial charge < -0.3 is 9.80 Å². The molecule has 2 fully saturated rings. The second-order valence-corrected chi connectivity index (χ2v) is 10.6. The molecule has 0 radical (unpaired) electrons. The van der Waals surface area contributed by atoms with Gasteiger partial charge in [0.1, 0.15) is 0 Å². The Balaban J connectivity index is 1.27. The van der Waals surface area contributed by atoms with E-state index in [0.717, 1.165) is 25.7 Å². The van der Waals surface area contributed by atoms with Crippen LogP contribution >= 0.6 is 0 Å². The van der Waals surface area contributed by atoms with E-state index < -0.39 is 10.0 Å². The summed E-state index contributed by atoms with van der Waals surface area (Å²) in [5.41, 5.74) is 1.58. The summed E-state index contributed by atoms with van der Waals surface area (Å²) >= 11 is 0. The molecule has 2 aliphatic rings. The zero-order valence-electron chi connectivity index (χ0n) is 18.8. The van der Waals surface area contributed by atoms with Crippen molar-refractivity contribution in [3.05, 3.63) is 65.7 Å². The topological polar surface area (TPSA) is 86.8 Å². The molecule has 7 nitrogen and oxygen atoms in total. The summed E-state index contributed by atoms with van der Waals surface area (Å²) in [5, 5.41) is 0. The number of carbonyl (C=O) groups is 2. The first-order chi connectivity index (χ1) is 15.9. The van der Waals surface area contributed by atoms with Gasteiger partial charge in [0.25, 0.3) is 5.91 Å². The van der Waals surface area contributed by atoms with E-state index in [4.69, 9.17) is 0 Å². The van der Waals surface area contributed by atoms with Crippen LogP contribution in [-0.4, -0.2) is 62.8 Å². The first-order valence-corrected chi connectivity index (χ1v) is 13.1. The van der Waals surface area contributed by atoms with E-state index in [1.807, 2.05) is 23.1 Å². The van der Waals surface area contributed by atoms with Gasteiger partial charge in [0.05, 0.1) is 4.90 Å². The van der Waals surface area contributed by atoms with Gasteiger partial charge in [-0.25, -0.2) is 13.1 Å². The molecule has 2 aromatic rings. The molecule has 0 unspecified atom stereocenters. The second kappa shape index (κ2) is 10.5. The standard InChI is InChI=1S/C25H31N3O4S/c29-24(11-4-8-20-6-2-1-3-7-20)27-14-16-28(17-15-27)25(30)22-9-5-10-23(18-22)33(31,32)26-19-21-12-13-21/h1-3,5-7,9-10,18,21,26H,4,8,11-17,19H2. The fraction of sp³-hybridized carbons (Fsp3) is 0.440. The third kappa shape index (κ3) is 6.42. The molecule has 1 aliphatic carbocycles. The Morgan fingerprint density at radius 1 is 0.909 bits per heavy atom. The minimum atomic E-state index is -3.62. The Bertz CT molecular complexity index is 1080. The van der Waals surface area contributed by atoms with E-state index in [9.17, 15) is 18.0 Å². The molecule has 0 spiro atoms. The highest BCUT2D eigenvalue weighted by Crippen LogP contribution is 2.28. The zero-order chi connectivity index (χ0) is 23.3. The van der Waals surface area contributed by atoms with Gasteiger partial charge >= 0.3 is 0 Å². The normalized spacial score (nSPS) is 16.6.